The monoisotopic (exact) mass is 258 g/mol. The largest absolute Gasteiger partial charge is 0.465 e. The molecule has 0 saturated heterocycles. The van der Waals surface area contributed by atoms with Crippen LogP contribution in [0.2, 0.25) is 0 Å². The van der Waals surface area contributed by atoms with E-state index < -0.39 is 23.6 Å². The lowest BCUT2D eigenvalue weighted by Crippen LogP contribution is -2.35. The Morgan fingerprint density at radius 3 is 1.72 bits per heavy atom. The Morgan fingerprint density at radius 2 is 1.39 bits per heavy atom. The summed E-state index contributed by atoms with van der Waals surface area (Å²) in [6.07, 6.45) is 0.814. The third-order valence-corrected chi connectivity index (χ3v) is 2.33. The highest BCUT2D eigenvalue weighted by Gasteiger charge is 2.36. The zero-order chi connectivity index (χ0) is 14.1. The van der Waals surface area contributed by atoms with Gasteiger partial charge in [0.1, 0.15) is 0 Å². The summed E-state index contributed by atoms with van der Waals surface area (Å²) in [5.74, 6) is -3.15. The third kappa shape index (κ3) is 5.80. The van der Waals surface area contributed by atoms with Crippen LogP contribution in [0.4, 0.5) is 0 Å². The number of carbonyl (C=O) groups is 3. The van der Waals surface area contributed by atoms with Crippen LogP contribution in [-0.4, -0.2) is 30.9 Å². The fourth-order valence-electron chi connectivity index (χ4n) is 1.39. The number of ketones is 1. The van der Waals surface area contributed by atoms with E-state index >= 15 is 0 Å². The van der Waals surface area contributed by atoms with Crippen molar-refractivity contribution in [3.63, 3.8) is 0 Å². The van der Waals surface area contributed by atoms with Crippen molar-refractivity contribution >= 4 is 17.7 Å². The molecule has 0 aromatic rings. The molecule has 0 heterocycles. The highest BCUT2D eigenvalue weighted by atomic mass is 16.6. The molecule has 0 aliphatic rings. The van der Waals surface area contributed by atoms with Crippen LogP contribution in [0.3, 0.4) is 0 Å². The Hall–Kier alpha value is -1.39. The SMILES string of the molecule is CCOC(=O)C(C(=O)CCC(C)C)C(=O)OCC. The minimum absolute atomic E-state index is 0.131. The summed E-state index contributed by atoms with van der Waals surface area (Å²) in [5, 5.41) is 0. The summed E-state index contributed by atoms with van der Waals surface area (Å²) in [4.78, 5) is 35.1. The smallest absolute Gasteiger partial charge is 0.328 e. The van der Waals surface area contributed by atoms with Crippen molar-refractivity contribution < 1.29 is 23.9 Å². The summed E-state index contributed by atoms with van der Waals surface area (Å²) < 4.78 is 9.48. The highest BCUT2D eigenvalue weighted by Crippen LogP contribution is 2.13. The molecule has 0 spiro atoms. The fourth-order valence-corrected chi connectivity index (χ4v) is 1.39. The quantitative estimate of drug-likeness (QED) is 0.490. The highest BCUT2D eigenvalue weighted by molar-refractivity contribution is 6.14. The molecule has 104 valence electrons. The van der Waals surface area contributed by atoms with Crippen molar-refractivity contribution in [3.8, 4) is 0 Å². The number of ether oxygens (including phenoxy) is 2. The summed E-state index contributed by atoms with van der Waals surface area (Å²) in [6.45, 7) is 7.45. The molecule has 0 bridgehead atoms. The van der Waals surface area contributed by atoms with Gasteiger partial charge in [-0.2, -0.15) is 0 Å². The summed E-state index contributed by atoms with van der Waals surface area (Å²) in [7, 11) is 0. The summed E-state index contributed by atoms with van der Waals surface area (Å²) >= 11 is 0. The Labute approximate surface area is 108 Å². The molecular weight excluding hydrogens is 236 g/mol. The molecule has 0 N–H and O–H groups in total. The third-order valence-electron chi connectivity index (χ3n) is 2.33. The Balaban J connectivity index is 4.69. The van der Waals surface area contributed by atoms with Gasteiger partial charge in [-0.15, -0.1) is 0 Å². The molecule has 5 nitrogen and oxygen atoms in total. The number of rotatable bonds is 8. The van der Waals surface area contributed by atoms with Crippen LogP contribution < -0.4 is 0 Å². The lowest BCUT2D eigenvalue weighted by molar-refractivity contribution is -0.164. The van der Waals surface area contributed by atoms with Crippen LogP contribution in [0.25, 0.3) is 0 Å². The van der Waals surface area contributed by atoms with Crippen molar-refractivity contribution in [1.29, 1.82) is 0 Å². The Kier molecular flexibility index (Phi) is 8.00. The molecule has 0 fully saturated rings. The molecule has 0 rings (SSSR count). The van der Waals surface area contributed by atoms with Crippen molar-refractivity contribution in [2.75, 3.05) is 13.2 Å². The van der Waals surface area contributed by atoms with E-state index in [9.17, 15) is 14.4 Å². The molecule has 0 saturated carbocycles. The Morgan fingerprint density at radius 1 is 0.944 bits per heavy atom. The van der Waals surface area contributed by atoms with Crippen molar-refractivity contribution in [1.82, 2.24) is 0 Å². The van der Waals surface area contributed by atoms with E-state index in [4.69, 9.17) is 9.47 Å². The van der Waals surface area contributed by atoms with Crippen LogP contribution in [0.1, 0.15) is 40.5 Å². The molecule has 0 radical (unpaired) electrons. The zero-order valence-electron chi connectivity index (χ0n) is 11.5. The van der Waals surface area contributed by atoms with E-state index in [1.165, 1.54) is 0 Å². The van der Waals surface area contributed by atoms with E-state index in [-0.39, 0.29) is 19.6 Å². The molecule has 5 heteroatoms. The minimum atomic E-state index is -1.43. The first-order valence-corrected chi connectivity index (χ1v) is 6.29. The van der Waals surface area contributed by atoms with Crippen LogP contribution in [0.15, 0.2) is 0 Å². The maximum atomic E-state index is 11.9. The number of hydrogen-bond acceptors (Lipinski definition) is 5. The van der Waals surface area contributed by atoms with Gasteiger partial charge < -0.3 is 9.47 Å². The molecular formula is C13H22O5. The van der Waals surface area contributed by atoms with Crippen molar-refractivity contribution in [2.45, 2.75) is 40.5 Å². The number of carbonyl (C=O) groups excluding carboxylic acids is 3. The van der Waals surface area contributed by atoms with Crippen LogP contribution in [0, 0.1) is 11.8 Å². The van der Waals surface area contributed by atoms with Gasteiger partial charge in [0.05, 0.1) is 13.2 Å². The zero-order valence-corrected chi connectivity index (χ0v) is 11.5. The van der Waals surface area contributed by atoms with Gasteiger partial charge in [-0.25, -0.2) is 0 Å². The summed E-state index contributed by atoms with van der Waals surface area (Å²) in [6, 6.07) is 0. The second kappa shape index (κ2) is 8.66. The lowest BCUT2D eigenvalue weighted by Gasteiger charge is -2.13. The van der Waals surface area contributed by atoms with E-state index in [2.05, 4.69) is 0 Å². The predicted octanol–water partition coefficient (Wildman–Crippen LogP) is 1.73. The van der Waals surface area contributed by atoms with Gasteiger partial charge in [-0.3, -0.25) is 14.4 Å². The standard InChI is InChI=1S/C13H22O5/c1-5-17-12(15)11(13(16)18-6-2)10(14)8-7-9(3)4/h9,11H,5-8H2,1-4H3. The summed E-state index contributed by atoms with van der Waals surface area (Å²) in [5.41, 5.74) is 0. The van der Waals surface area contributed by atoms with E-state index in [0.717, 1.165) is 0 Å². The lowest BCUT2D eigenvalue weighted by atomic mass is 9.97. The van der Waals surface area contributed by atoms with Gasteiger partial charge in [0, 0.05) is 6.42 Å². The number of Topliss-reactive ketones (excluding diaryl/α,β-unsaturated/α-hetero) is 1. The Bertz CT molecular complexity index is 278. The molecule has 0 atom stereocenters. The van der Waals surface area contributed by atoms with E-state index in [0.29, 0.717) is 12.3 Å². The van der Waals surface area contributed by atoms with Crippen LogP contribution in [0.5, 0.6) is 0 Å². The predicted molar refractivity (Wildman–Crippen MR) is 65.8 cm³/mol. The van der Waals surface area contributed by atoms with Gasteiger partial charge in [-0.1, -0.05) is 13.8 Å². The molecule has 18 heavy (non-hydrogen) atoms. The van der Waals surface area contributed by atoms with Gasteiger partial charge in [0.15, 0.2) is 5.78 Å². The van der Waals surface area contributed by atoms with Gasteiger partial charge in [-0.05, 0) is 26.2 Å². The normalized spacial score (nSPS) is 10.6. The molecule has 0 aromatic carbocycles. The minimum Gasteiger partial charge on any atom is -0.465 e. The van der Waals surface area contributed by atoms with E-state index in [1.54, 1.807) is 13.8 Å². The maximum absolute atomic E-state index is 11.9. The van der Waals surface area contributed by atoms with Crippen LogP contribution in [-0.2, 0) is 23.9 Å². The average molecular weight is 258 g/mol. The topological polar surface area (TPSA) is 69.7 Å². The number of hydrogen-bond donors (Lipinski definition) is 0. The first-order valence-electron chi connectivity index (χ1n) is 6.29. The second-order valence-electron chi connectivity index (χ2n) is 4.34. The number of esters is 2. The molecule has 0 aliphatic carbocycles. The van der Waals surface area contributed by atoms with Crippen molar-refractivity contribution in [2.24, 2.45) is 11.8 Å². The molecule has 0 aliphatic heterocycles. The van der Waals surface area contributed by atoms with Gasteiger partial charge >= 0.3 is 11.9 Å². The first kappa shape index (κ1) is 16.6. The van der Waals surface area contributed by atoms with Crippen LogP contribution >= 0.6 is 0 Å². The van der Waals surface area contributed by atoms with Gasteiger partial charge in [0.25, 0.3) is 0 Å². The molecule has 0 amide bonds. The second-order valence-corrected chi connectivity index (χ2v) is 4.34. The van der Waals surface area contributed by atoms with Gasteiger partial charge in [0.2, 0.25) is 5.92 Å². The van der Waals surface area contributed by atoms with Crippen molar-refractivity contribution in [3.05, 3.63) is 0 Å². The molecule has 0 unspecified atom stereocenters. The fraction of sp³-hybridized carbons (Fsp3) is 0.769. The average Bonchev–Trinajstić information content (AvgIpc) is 2.27. The maximum Gasteiger partial charge on any atom is 0.328 e. The first-order chi connectivity index (χ1) is 8.43. The van der Waals surface area contributed by atoms with E-state index in [1.807, 2.05) is 13.8 Å². The molecule has 0 aromatic heterocycles.